The van der Waals surface area contributed by atoms with Gasteiger partial charge < -0.3 is 10.1 Å². The molecule has 1 atom stereocenters. The molecule has 0 radical (unpaired) electrons. The molecule has 0 saturated carbocycles. The van der Waals surface area contributed by atoms with Crippen molar-refractivity contribution < 1.29 is 14.3 Å². The molecule has 0 heterocycles. The van der Waals surface area contributed by atoms with Gasteiger partial charge in [-0.25, -0.2) is 0 Å². The number of carbonyl (C=O) groups is 2. The molecular weight excluding hydrogens is 385 g/mol. The van der Waals surface area contributed by atoms with E-state index in [1.807, 2.05) is 30.3 Å². The van der Waals surface area contributed by atoms with E-state index in [4.69, 9.17) is 39.5 Å². The van der Waals surface area contributed by atoms with Crippen LogP contribution in [0.4, 0.5) is 0 Å². The molecule has 0 aliphatic rings. The summed E-state index contributed by atoms with van der Waals surface area (Å²) in [4.78, 5) is 23.9. The topological polar surface area (TPSA) is 55.4 Å². The molecule has 0 fully saturated rings. The van der Waals surface area contributed by atoms with Crippen LogP contribution in [0.3, 0.4) is 0 Å². The highest BCUT2D eigenvalue weighted by atomic mass is 35.5. The minimum atomic E-state index is -0.622. The summed E-state index contributed by atoms with van der Waals surface area (Å²) in [6, 6.07) is 11.7. The lowest BCUT2D eigenvalue weighted by Gasteiger charge is -2.16. The van der Waals surface area contributed by atoms with Gasteiger partial charge in [-0.3, -0.25) is 9.59 Å². The van der Waals surface area contributed by atoms with E-state index < -0.39 is 11.9 Å². The van der Waals surface area contributed by atoms with E-state index in [0.29, 0.717) is 11.4 Å². The molecule has 0 bridgehead atoms. The standard InChI is InChI=1S/C18H16Cl3NO3/c1-11(23)16(7-12-5-3-2-4-6-12)22-18(24)10-25-17-9-14(20)13(19)8-15(17)21/h2-6,8-9,16H,7,10H2,1H3,(H,22,24)/t16-/m1/s1. The van der Waals surface area contributed by atoms with Crippen molar-refractivity contribution in [3.8, 4) is 5.75 Å². The smallest absolute Gasteiger partial charge is 0.258 e. The van der Waals surface area contributed by atoms with Crippen LogP contribution in [-0.4, -0.2) is 24.3 Å². The number of Topliss-reactive ketones (excluding diaryl/α,β-unsaturated/α-hetero) is 1. The highest BCUT2D eigenvalue weighted by Crippen LogP contribution is 2.33. The summed E-state index contributed by atoms with van der Waals surface area (Å²) in [5.74, 6) is -0.323. The van der Waals surface area contributed by atoms with Crippen LogP contribution in [0.15, 0.2) is 42.5 Å². The zero-order chi connectivity index (χ0) is 18.4. The second-order valence-electron chi connectivity index (χ2n) is 5.41. The molecule has 2 aromatic carbocycles. The molecule has 0 unspecified atom stereocenters. The number of nitrogens with one attached hydrogen (secondary N) is 1. The highest BCUT2D eigenvalue weighted by molar-refractivity contribution is 6.43. The van der Waals surface area contributed by atoms with Gasteiger partial charge in [0.1, 0.15) is 5.75 Å². The number of hydrogen-bond acceptors (Lipinski definition) is 3. The van der Waals surface area contributed by atoms with Crippen molar-refractivity contribution in [2.24, 2.45) is 0 Å². The van der Waals surface area contributed by atoms with Gasteiger partial charge in [0.15, 0.2) is 12.4 Å². The van der Waals surface area contributed by atoms with Crippen molar-refractivity contribution in [1.29, 1.82) is 0 Å². The Morgan fingerprint density at radius 3 is 2.32 bits per heavy atom. The Labute approximate surface area is 161 Å². The van der Waals surface area contributed by atoms with Crippen molar-refractivity contribution in [2.45, 2.75) is 19.4 Å². The molecule has 0 aromatic heterocycles. The second-order valence-corrected chi connectivity index (χ2v) is 6.63. The van der Waals surface area contributed by atoms with E-state index in [2.05, 4.69) is 5.32 Å². The maximum absolute atomic E-state index is 12.1. The van der Waals surface area contributed by atoms with Gasteiger partial charge in [-0.1, -0.05) is 65.1 Å². The molecule has 4 nitrogen and oxygen atoms in total. The van der Waals surface area contributed by atoms with E-state index >= 15 is 0 Å². The van der Waals surface area contributed by atoms with Gasteiger partial charge in [0.2, 0.25) is 0 Å². The Morgan fingerprint density at radius 2 is 1.68 bits per heavy atom. The number of halogens is 3. The summed E-state index contributed by atoms with van der Waals surface area (Å²) in [7, 11) is 0. The van der Waals surface area contributed by atoms with Gasteiger partial charge >= 0.3 is 0 Å². The molecule has 2 aromatic rings. The number of amides is 1. The van der Waals surface area contributed by atoms with E-state index in [1.165, 1.54) is 19.1 Å². The first-order valence-corrected chi connectivity index (χ1v) is 8.61. The third-order valence-electron chi connectivity index (χ3n) is 3.44. The summed E-state index contributed by atoms with van der Waals surface area (Å²) >= 11 is 17.7. The monoisotopic (exact) mass is 399 g/mol. The van der Waals surface area contributed by atoms with Gasteiger partial charge in [0, 0.05) is 6.07 Å². The Kier molecular flexibility index (Phi) is 7.12. The van der Waals surface area contributed by atoms with Crippen LogP contribution in [0.2, 0.25) is 15.1 Å². The van der Waals surface area contributed by atoms with Crippen molar-refractivity contribution in [2.75, 3.05) is 6.61 Å². The Balaban J connectivity index is 1.95. The van der Waals surface area contributed by atoms with Gasteiger partial charge in [0.25, 0.3) is 5.91 Å². The SMILES string of the molecule is CC(=O)[C@@H](Cc1ccccc1)NC(=O)COc1cc(Cl)c(Cl)cc1Cl. The van der Waals surface area contributed by atoms with E-state index in [1.54, 1.807) is 0 Å². The summed E-state index contributed by atoms with van der Waals surface area (Å²) in [6.45, 7) is 1.14. The van der Waals surface area contributed by atoms with Crippen molar-refractivity contribution in [1.82, 2.24) is 5.32 Å². The van der Waals surface area contributed by atoms with E-state index in [-0.39, 0.29) is 28.2 Å². The largest absolute Gasteiger partial charge is 0.482 e. The predicted molar refractivity (Wildman–Crippen MR) is 99.7 cm³/mol. The van der Waals surface area contributed by atoms with Crippen molar-refractivity contribution in [3.63, 3.8) is 0 Å². The van der Waals surface area contributed by atoms with E-state index in [0.717, 1.165) is 5.56 Å². The van der Waals surface area contributed by atoms with Crippen molar-refractivity contribution >= 4 is 46.5 Å². The highest BCUT2D eigenvalue weighted by Gasteiger charge is 2.18. The van der Waals surface area contributed by atoms with Crippen LogP contribution in [-0.2, 0) is 16.0 Å². The van der Waals surface area contributed by atoms with Crippen molar-refractivity contribution in [3.05, 3.63) is 63.1 Å². The first kappa shape index (κ1) is 19.6. The molecule has 0 aliphatic heterocycles. The molecule has 1 amide bonds. The molecule has 25 heavy (non-hydrogen) atoms. The minimum absolute atomic E-state index is 0.134. The molecular formula is C18H16Cl3NO3. The summed E-state index contributed by atoms with van der Waals surface area (Å²) in [5, 5.41) is 3.47. The van der Waals surface area contributed by atoms with Gasteiger partial charge in [-0.05, 0) is 25.0 Å². The summed E-state index contributed by atoms with van der Waals surface area (Å²) < 4.78 is 5.37. The Hall–Kier alpha value is -1.75. The number of ether oxygens (including phenoxy) is 1. The average molecular weight is 401 g/mol. The van der Waals surface area contributed by atoms with Crippen LogP contribution in [0.5, 0.6) is 5.75 Å². The molecule has 132 valence electrons. The third-order valence-corrected chi connectivity index (χ3v) is 4.46. The Morgan fingerprint density at radius 1 is 1.04 bits per heavy atom. The lowest BCUT2D eigenvalue weighted by molar-refractivity contribution is -0.128. The maximum atomic E-state index is 12.1. The van der Waals surface area contributed by atoms with Gasteiger partial charge in [0.05, 0.1) is 21.1 Å². The maximum Gasteiger partial charge on any atom is 0.258 e. The number of benzene rings is 2. The van der Waals surface area contributed by atoms with Crippen LogP contribution in [0.1, 0.15) is 12.5 Å². The fourth-order valence-electron chi connectivity index (χ4n) is 2.14. The number of ketones is 1. The average Bonchev–Trinajstić information content (AvgIpc) is 2.57. The quantitative estimate of drug-likeness (QED) is 0.703. The van der Waals surface area contributed by atoms with E-state index in [9.17, 15) is 9.59 Å². The first-order valence-electron chi connectivity index (χ1n) is 7.48. The van der Waals surface area contributed by atoms with Crippen LogP contribution >= 0.6 is 34.8 Å². The second kappa shape index (κ2) is 9.09. The molecule has 2 rings (SSSR count). The number of rotatable bonds is 7. The normalized spacial score (nSPS) is 11.7. The molecule has 0 aliphatic carbocycles. The third kappa shape index (κ3) is 5.92. The Bertz CT molecular complexity index is 766. The lowest BCUT2D eigenvalue weighted by Crippen LogP contribution is -2.43. The fourth-order valence-corrected chi connectivity index (χ4v) is 2.73. The summed E-state index contributed by atoms with van der Waals surface area (Å²) in [6.07, 6.45) is 0.412. The van der Waals surface area contributed by atoms with Crippen LogP contribution < -0.4 is 10.1 Å². The molecule has 0 saturated heterocycles. The summed E-state index contributed by atoms with van der Waals surface area (Å²) in [5.41, 5.74) is 0.955. The zero-order valence-corrected chi connectivity index (χ0v) is 15.7. The van der Waals surface area contributed by atoms with Gasteiger partial charge in [-0.2, -0.15) is 0 Å². The minimum Gasteiger partial charge on any atom is -0.482 e. The molecule has 7 heteroatoms. The fraction of sp³-hybridized carbons (Fsp3) is 0.222. The van der Waals surface area contributed by atoms with Gasteiger partial charge in [-0.15, -0.1) is 0 Å². The predicted octanol–water partition coefficient (Wildman–Crippen LogP) is 4.34. The number of carbonyl (C=O) groups excluding carboxylic acids is 2. The first-order chi connectivity index (χ1) is 11.9. The number of hydrogen-bond donors (Lipinski definition) is 1. The van der Waals surface area contributed by atoms with Crippen LogP contribution in [0, 0.1) is 0 Å². The molecule has 1 N–H and O–H groups in total. The zero-order valence-electron chi connectivity index (χ0n) is 13.4. The van der Waals surface area contributed by atoms with Crippen LogP contribution in [0.25, 0.3) is 0 Å². The lowest BCUT2D eigenvalue weighted by atomic mass is 10.0. The molecule has 0 spiro atoms.